The molecule has 1 N–H and O–H groups in total. The van der Waals surface area contributed by atoms with E-state index in [9.17, 15) is 9.18 Å². The van der Waals surface area contributed by atoms with Crippen molar-refractivity contribution in [2.24, 2.45) is 0 Å². The average molecular weight is 267 g/mol. The fraction of sp³-hybridized carbons (Fsp3) is 0.533. The number of carbonyl (C=O) groups excluding carboxylic acids is 1. The molecule has 0 aliphatic heterocycles. The van der Waals surface area contributed by atoms with Crippen LogP contribution in [0.15, 0.2) is 24.3 Å². The van der Waals surface area contributed by atoms with Gasteiger partial charge < -0.3 is 4.74 Å². The van der Waals surface area contributed by atoms with Gasteiger partial charge >= 0.3 is 5.97 Å². The maximum Gasteiger partial charge on any atom is 0.323 e. The molecule has 4 heteroatoms. The van der Waals surface area contributed by atoms with Crippen molar-refractivity contribution < 1.29 is 13.9 Å². The molecular formula is C15H22FNO2. The van der Waals surface area contributed by atoms with Crippen molar-refractivity contribution in [3.63, 3.8) is 0 Å². The molecule has 0 fully saturated rings. The molecule has 0 heterocycles. The van der Waals surface area contributed by atoms with E-state index in [1.165, 1.54) is 6.07 Å². The number of benzene rings is 1. The maximum absolute atomic E-state index is 13.6. The summed E-state index contributed by atoms with van der Waals surface area (Å²) in [6.07, 6.45) is 0. The summed E-state index contributed by atoms with van der Waals surface area (Å²) in [5.41, 5.74) is 0.0201. The number of carbonyl (C=O) groups is 1. The Labute approximate surface area is 114 Å². The van der Waals surface area contributed by atoms with E-state index in [2.05, 4.69) is 5.32 Å². The van der Waals surface area contributed by atoms with Crippen LogP contribution in [-0.2, 0) is 9.53 Å². The van der Waals surface area contributed by atoms with Crippen molar-refractivity contribution in [2.75, 3.05) is 0 Å². The first kappa shape index (κ1) is 15.6. The number of hydrogen-bond donors (Lipinski definition) is 1. The Hall–Kier alpha value is -1.42. The minimum absolute atomic E-state index is 0.260. The lowest BCUT2D eigenvalue weighted by Gasteiger charge is -2.25. The first-order valence-corrected chi connectivity index (χ1v) is 6.44. The molecule has 0 radical (unpaired) electrons. The number of hydrogen-bond acceptors (Lipinski definition) is 3. The van der Waals surface area contributed by atoms with E-state index in [0.29, 0.717) is 5.56 Å². The van der Waals surface area contributed by atoms with Gasteiger partial charge in [0.2, 0.25) is 0 Å². The van der Waals surface area contributed by atoms with E-state index in [-0.39, 0.29) is 17.8 Å². The van der Waals surface area contributed by atoms with Crippen molar-refractivity contribution in [3.8, 4) is 0 Å². The summed E-state index contributed by atoms with van der Waals surface area (Å²) in [7, 11) is 0. The van der Waals surface area contributed by atoms with Crippen LogP contribution in [0.5, 0.6) is 0 Å². The minimum Gasteiger partial charge on any atom is -0.459 e. The molecular weight excluding hydrogens is 245 g/mol. The third-order valence-corrected chi connectivity index (χ3v) is 2.63. The Bertz CT molecular complexity index is 440. The quantitative estimate of drug-likeness (QED) is 0.851. The standard InChI is InChI=1S/C15H22FNO2/c1-10(12-8-6-7-9-13(12)16)17-11(2)14(18)19-15(3,4)5/h6-11,17H,1-5H3. The molecule has 19 heavy (non-hydrogen) atoms. The molecule has 1 aromatic carbocycles. The lowest BCUT2D eigenvalue weighted by molar-refractivity contribution is -0.157. The number of halogens is 1. The van der Waals surface area contributed by atoms with Gasteiger partial charge in [0, 0.05) is 11.6 Å². The van der Waals surface area contributed by atoms with Gasteiger partial charge in [-0.25, -0.2) is 4.39 Å². The molecule has 0 amide bonds. The van der Waals surface area contributed by atoms with Crippen molar-refractivity contribution in [1.82, 2.24) is 5.32 Å². The maximum atomic E-state index is 13.6. The summed E-state index contributed by atoms with van der Waals surface area (Å²) >= 11 is 0. The van der Waals surface area contributed by atoms with E-state index in [1.807, 2.05) is 27.7 Å². The fourth-order valence-electron chi connectivity index (χ4n) is 1.75. The summed E-state index contributed by atoms with van der Waals surface area (Å²) in [6, 6.07) is 5.77. The second-order valence-electron chi connectivity index (χ2n) is 5.67. The highest BCUT2D eigenvalue weighted by atomic mass is 19.1. The predicted octanol–water partition coefficient (Wildman–Crippen LogP) is 3.21. The van der Waals surface area contributed by atoms with Crippen molar-refractivity contribution in [3.05, 3.63) is 35.6 Å². The molecule has 0 bridgehead atoms. The van der Waals surface area contributed by atoms with Gasteiger partial charge in [-0.05, 0) is 40.7 Å². The Kier molecular flexibility index (Phi) is 5.06. The van der Waals surface area contributed by atoms with Crippen molar-refractivity contribution >= 4 is 5.97 Å². The van der Waals surface area contributed by atoms with Crippen LogP contribution in [0.3, 0.4) is 0 Å². The Morgan fingerprint density at radius 2 is 1.84 bits per heavy atom. The van der Waals surface area contributed by atoms with Crippen molar-refractivity contribution in [2.45, 2.75) is 52.3 Å². The zero-order valence-corrected chi connectivity index (χ0v) is 12.2. The van der Waals surface area contributed by atoms with Gasteiger partial charge in [0.15, 0.2) is 0 Å². The highest BCUT2D eigenvalue weighted by Crippen LogP contribution is 2.17. The molecule has 2 atom stereocenters. The zero-order chi connectivity index (χ0) is 14.6. The molecule has 1 aromatic rings. The Morgan fingerprint density at radius 1 is 1.26 bits per heavy atom. The summed E-state index contributed by atoms with van der Waals surface area (Å²) in [6.45, 7) is 8.98. The number of rotatable bonds is 4. The molecule has 2 unspecified atom stereocenters. The van der Waals surface area contributed by atoms with Crippen LogP contribution >= 0.6 is 0 Å². The second kappa shape index (κ2) is 6.15. The molecule has 0 aliphatic carbocycles. The second-order valence-corrected chi connectivity index (χ2v) is 5.67. The molecule has 3 nitrogen and oxygen atoms in total. The van der Waals surface area contributed by atoms with E-state index < -0.39 is 11.6 Å². The first-order valence-electron chi connectivity index (χ1n) is 6.44. The number of esters is 1. The lowest BCUT2D eigenvalue weighted by atomic mass is 10.1. The fourth-order valence-corrected chi connectivity index (χ4v) is 1.75. The first-order chi connectivity index (χ1) is 8.70. The molecule has 0 saturated carbocycles. The Balaban J connectivity index is 2.64. The minimum atomic E-state index is -0.520. The SMILES string of the molecule is CC(NC(C)c1ccccc1F)C(=O)OC(C)(C)C. The zero-order valence-electron chi connectivity index (χ0n) is 12.2. The molecule has 0 spiro atoms. The largest absolute Gasteiger partial charge is 0.459 e. The highest BCUT2D eigenvalue weighted by Gasteiger charge is 2.23. The molecule has 0 aliphatic rings. The third kappa shape index (κ3) is 4.99. The molecule has 0 saturated heterocycles. The third-order valence-electron chi connectivity index (χ3n) is 2.63. The number of ether oxygens (including phenoxy) is 1. The van der Waals surface area contributed by atoms with Crippen LogP contribution in [0.25, 0.3) is 0 Å². The van der Waals surface area contributed by atoms with Crippen molar-refractivity contribution in [1.29, 1.82) is 0 Å². The van der Waals surface area contributed by atoms with Crippen LogP contribution in [0.1, 0.15) is 46.2 Å². The van der Waals surface area contributed by atoms with Gasteiger partial charge in [-0.2, -0.15) is 0 Å². The van der Waals surface area contributed by atoms with Gasteiger partial charge in [-0.3, -0.25) is 10.1 Å². The summed E-state index contributed by atoms with van der Waals surface area (Å²) in [4.78, 5) is 11.8. The smallest absolute Gasteiger partial charge is 0.323 e. The van der Waals surface area contributed by atoms with Crippen LogP contribution in [0, 0.1) is 5.82 Å². The van der Waals surface area contributed by atoms with Gasteiger partial charge in [-0.1, -0.05) is 18.2 Å². The van der Waals surface area contributed by atoms with E-state index in [4.69, 9.17) is 4.74 Å². The summed E-state index contributed by atoms with van der Waals surface area (Å²) in [5.74, 6) is -0.616. The van der Waals surface area contributed by atoms with Gasteiger partial charge in [0.25, 0.3) is 0 Å². The average Bonchev–Trinajstić information content (AvgIpc) is 2.27. The van der Waals surface area contributed by atoms with Gasteiger partial charge in [0.05, 0.1) is 0 Å². The predicted molar refractivity (Wildman–Crippen MR) is 73.3 cm³/mol. The van der Waals surface area contributed by atoms with Gasteiger partial charge in [0.1, 0.15) is 17.5 Å². The molecule has 1 rings (SSSR count). The monoisotopic (exact) mass is 267 g/mol. The number of nitrogens with one attached hydrogen (secondary N) is 1. The van der Waals surface area contributed by atoms with E-state index >= 15 is 0 Å². The normalized spacial score (nSPS) is 14.8. The molecule has 0 aromatic heterocycles. The topological polar surface area (TPSA) is 38.3 Å². The summed E-state index contributed by atoms with van der Waals surface area (Å²) in [5, 5.41) is 3.04. The van der Waals surface area contributed by atoms with Gasteiger partial charge in [-0.15, -0.1) is 0 Å². The van der Waals surface area contributed by atoms with E-state index in [0.717, 1.165) is 0 Å². The van der Waals surface area contributed by atoms with Crippen LogP contribution < -0.4 is 5.32 Å². The Morgan fingerprint density at radius 3 is 2.37 bits per heavy atom. The molecule has 106 valence electrons. The summed E-state index contributed by atoms with van der Waals surface area (Å²) < 4.78 is 18.9. The van der Waals surface area contributed by atoms with Crippen LogP contribution in [0.2, 0.25) is 0 Å². The van der Waals surface area contributed by atoms with Crippen LogP contribution in [0.4, 0.5) is 4.39 Å². The lowest BCUT2D eigenvalue weighted by Crippen LogP contribution is -2.40. The van der Waals surface area contributed by atoms with E-state index in [1.54, 1.807) is 25.1 Å². The van der Waals surface area contributed by atoms with Crippen LogP contribution in [-0.4, -0.2) is 17.6 Å². The highest BCUT2D eigenvalue weighted by molar-refractivity contribution is 5.75.